The van der Waals surface area contributed by atoms with E-state index in [1.165, 1.54) is 0 Å². The summed E-state index contributed by atoms with van der Waals surface area (Å²) < 4.78 is 23.6. The van der Waals surface area contributed by atoms with Crippen molar-refractivity contribution in [2.24, 2.45) is 0 Å². The molecule has 5 heteroatoms. The van der Waals surface area contributed by atoms with Crippen LogP contribution < -0.4 is 5.73 Å². The number of nitrogen functional groups attached to an aromatic ring is 1. The average Bonchev–Trinajstić information content (AvgIpc) is 2.34. The van der Waals surface area contributed by atoms with Gasteiger partial charge < -0.3 is 5.73 Å². The second-order valence-electron chi connectivity index (χ2n) is 5.46. The molecule has 1 aromatic rings. The van der Waals surface area contributed by atoms with Gasteiger partial charge in [-0.1, -0.05) is 19.1 Å². The summed E-state index contributed by atoms with van der Waals surface area (Å²) in [4.78, 5) is 2.17. The molecule has 0 saturated heterocycles. The Morgan fingerprint density at radius 3 is 2.50 bits per heavy atom. The van der Waals surface area contributed by atoms with E-state index >= 15 is 0 Å². The van der Waals surface area contributed by atoms with Crippen LogP contribution in [0.1, 0.15) is 32.8 Å². The maximum absolute atomic E-state index is 11.8. The molecule has 0 spiro atoms. The number of anilines is 1. The Labute approximate surface area is 122 Å². The summed E-state index contributed by atoms with van der Waals surface area (Å²) in [5.74, 6) is 0.499. The van der Waals surface area contributed by atoms with Gasteiger partial charge in [0.05, 0.1) is 5.75 Å². The zero-order valence-corrected chi connectivity index (χ0v) is 13.5. The molecule has 0 atom stereocenters. The molecule has 0 radical (unpaired) electrons. The van der Waals surface area contributed by atoms with Crippen molar-refractivity contribution in [2.45, 2.75) is 39.8 Å². The highest BCUT2D eigenvalue weighted by Gasteiger charge is 2.15. The molecule has 0 saturated carbocycles. The quantitative estimate of drug-likeness (QED) is 0.748. The lowest BCUT2D eigenvalue weighted by Gasteiger charge is -2.26. The van der Waals surface area contributed by atoms with Crippen LogP contribution in [0.25, 0.3) is 0 Å². The van der Waals surface area contributed by atoms with E-state index in [9.17, 15) is 8.42 Å². The summed E-state index contributed by atoms with van der Waals surface area (Å²) in [6.45, 7) is 7.35. The highest BCUT2D eigenvalue weighted by atomic mass is 32.2. The first kappa shape index (κ1) is 17.0. The third-order valence-electron chi connectivity index (χ3n) is 3.27. The molecular formula is C15H26N2O2S. The van der Waals surface area contributed by atoms with Crippen molar-refractivity contribution in [1.82, 2.24) is 4.90 Å². The standard InChI is InChI=1S/C15H26N2O2S/c1-4-9-20(18,19)10-8-17(13(2)3)12-14-6-5-7-15(16)11-14/h5-7,11,13H,4,8-10,12,16H2,1-3H3. The third-order valence-corrected chi connectivity index (χ3v) is 5.11. The van der Waals surface area contributed by atoms with E-state index in [1.54, 1.807) is 0 Å². The predicted octanol–water partition coefficient (Wildman–Crippen LogP) is 2.30. The molecule has 0 aliphatic rings. The molecular weight excluding hydrogens is 272 g/mol. The number of hydrogen-bond acceptors (Lipinski definition) is 4. The van der Waals surface area contributed by atoms with Gasteiger partial charge in [-0.25, -0.2) is 8.42 Å². The SMILES string of the molecule is CCCS(=O)(=O)CCN(Cc1cccc(N)c1)C(C)C. The van der Waals surface area contributed by atoms with E-state index in [0.717, 1.165) is 17.8 Å². The molecule has 114 valence electrons. The zero-order chi connectivity index (χ0) is 15.2. The molecule has 0 aliphatic carbocycles. The molecule has 0 unspecified atom stereocenters. The van der Waals surface area contributed by atoms with Crippen molar-refractivity contribution in [3.8, 4) is 0 Å². The van der Waals surface area contributed by atoms with Gasteiger partial charge in [0.2, 0.25) is 0 Å². The molecule has 0 bridgehead atoms. The monoisotopic (exact) mass is 298 g/mol. The minimum atomic E-state index is -2.93. The number of hydrogen-bond donors (Lipinski definition) is 1. The van der Waals surface area contributed by atoms with Crippen LogP contribution in [0.2, 0.25) is 0 Å². The van der Waals surface area contributed by atoms with Crippen LogP contribution in [-0.4, -0.2) is 37.4 Å². The topological polar surface area (TPSA) is 63.4 Å². The van der Waals surface area contributed by atoms with Crippen LogP contribution in [0.4, 0.5) is 5.69 Å². The smallest absolute Gasteiger partial charge is 0.151 e. The Hall–Kier alpha value is -1.07. The third kappa shape index (κ3) is 5.92. The summed E-state index contributed by atoms with van der Waals surface area (Å²) in [5, 5.41) is 0. The normalized spacial score (nSPS) is 12.2. The van der Waals surface area contributed by atoms with Gasteiger partial charge in [0, 0.05) is 30.6 Å². The van der Waals surface area contributed by atoms with Crippen molar-refractivity contribution >= 4 is 15.5 Å². The fraction of sp³-hybridized carbons (Fsp3) is 0.600. The number of benzene rings is 1. The van der Waals surface area contributed by atoms with Crippen LogP contribution in [0.3, 0.4) is 0 Å². The summed E-state index contributed by atoms with van der Waals surface area (Å²) in [5.41, 5.74) is 7.64. The van der Waals surface area contributed by atoms with Crippen LogP contribution in [-0.2, 0) is 16.4 Å². The van der Waals surface area contributed by atoms with Gasteiger partial charge in [-0.15, -0.1) is 0 Å². The second kappa shape index (κ2) is 7.64. The van der Waals surface area contributed by atoms with Gasteiger partial charge in [0.1, 0.15) is 0 Å². The van der Waals surface area contributed by atoms with E-state index in [-0.39, 0.29) is 11.5 Å². The van der Waals surface area contributed by atoms with E-state index in [4.69, 9.17) is 5.73 Å². The molecule has 4 nitrogen and oxygen atoms in total. The van der Waals surface area contributed by atoms with Gasteiger partial charge in [0.15, 0.2) is 9.84 Å². The van der Waals surface area contributed by atoms with Crippen LogP contribution in [0.5, 0.6) is 0 Å². The van der Waals surface area contributed by atoms with Crippen LogP contribution in [0.15, 0.2) is 24.3 Å². The minimum absolute atomic E-state index is 0.224. The first-order chi connectivity index (χ1) is 9.34. The Balaban J connectivity index is 2.66. The summed E-state index contributed by atoms with van der Waals surface area (Å²) in [6.07, 6.45) is 0.680. The van der Waals surface area contributed by atoms with E-state index < -0.39 is 9.84 Å². The van der Waals surface area contributed by atoms with Crippen molar-refractivity contribution in [2.75, 3.05) is 23.8 Å². The lowest BCUT2D eigenvalue weighted by atomic mass is 10.1. The Morgan fingerprint density at radius 1 is 1.25 bits per heavy atom. The first-order valence-electron chi connectivity index (χ1n) is 7.13. The second-order valence-corrected chi connectivity index (χ2v) is 7.76. The largest absolute Gasteiger partial charge is 0.399 e. The Bertz CT molecular complexity index is 512. The molecule has 1 rings (SSSR count). The Kier molecular flexibility index (Phi) is 6.49. The van der Waals surface area contributed by atoms with Gasteiger partial charge in [-0.05, 0) is 38.0 Å². The number of nitrogens with zero attached hydrogens (tertiary/aromatic N) is 1. The number of sulfone groups is 1. The minimum Gasteiger partial charge on any atom is -0.399 e. The molecule has 1 aromatic carbocycles. The van der Waals surface area contributed by atoms with E-state index in [2.05, 4.69) is 18.7 Å². The van der Waals surface area contributed by atoms with Crippen molar-refractivity contribution in [3.63, 3.8) is 0 Å². The fourth-order valence-electron chi connectivity index (χ4n) is 2.12. The molecule has 0 aromatic heterocycles. The van der Waals surface area contributed by atoms with E-state index in [1.807, 2.05) is 31.2 Å². The maximum atomic E-state index is 11.8. The fourth-order valence-corrected chi connectivity index (χ4v) is 3.45. The van der Waals surface area contributed by atoms with Gasteiger partial charge in [-0.2, -0.15) is 0 Å². The zero-order valence-electron chi connectivity index (χ0n) is 12.7. The summed E-state index contributed by atoms with van der Waals surface area (Å²) >= 11 is 0. The van der Waals surface area contributed by atoms with Crippen molar-refractivity contribution in [3.05, 3.63) is 29.8 Å². The molecule has 0 heterocycles. The molecule has 0 aliphatic heterocycles. The lowest BCUT2D eigenvalue weighted by Crippen LogP contribution is -2.35. The predicted molar refractivity (Wildman–Crippen MR) is 85.3 cm³/mol. The lowest BCUT2D eigenvalue weighted by molar-refractivity contribution is 0.226. The van der Waals surface area contributed by atoms with Gasteiger partial charge >= 0.3 is 0 Å². The molecule has 0 amide bonds. The Morgan fingerprint density at radius 2 is 1.95 bits per heavy atom. The van der Waals surface area contributed by atoms with Crippen LogP contribution >= 0.6 is 0 Å². The summed E-state index contributed by atoms with van der Waals surface area (Å²) in [6, 6.07) is 8.04. The first-order valence-corrected chi connectivity index (χ1v) is 8.95. The molecule has 20 heavy (non-hydrogen) atoms. The highest BCUT2D eigenvalue weighted by Crippen LogP contribution is 2.12. The average molecular weight is 298 g/mol. The highest BCUT2D eigenvalue weighted by molar-refractivity contribution is 7.91. The maximum Gasteiger partial charge on any atom is 0.151 e. The molecule has 2 N–H and O–H groups in total. The number of rotatable bonds is 8. The van der Waals surface area contributed by atoms with Crippen molar-refractivity contribution in [1.29, 1.82) is 0 Å². The number of nitrogens with two attached hydrogens (primary N) is 1. The van der Waals surface area contributed by atoms with E-state index in [0.29, 0.717) is 19.0 Å². The van der Waals surface area contributed by atoms with Crippen LogP contribution in [0, 0.1) is 0 Å². The van der Waals surface area contributed by atoms with Crippen molar-refractivity contribution < 1.29 is 8.42 Å². The summed E-state index contributed by atoms with van der Waals surface area (Å²) in [7, 11) is -2.93. The van der Waals surface area contributed by atoms with Gasteiger partial charge in [0.25, 0.3) is 0 Å². The van der Waals surface area contributed by atoms with Gasteiger partial charge in [-0.3, -0.25) is 4.90 Å². The molecule has 0 fully saturated rings.